The van der Waals surface area contributed by atoms with Crippen LogP contribution in [0.3, 0.4) is 0 Å². The largest absolute Gasteiger partial charge is 0.493 e. The Balaban J connectivity index is 1.52. The van der Waals surface area contributed by atoms with Crippen LogP contribution in [0.15, 0.2) is 95.8 Å². The molecule has 1 aliphatic heterocycles. The molecule has 0 fully saturated rings. The minimum absolute atomic E-state index is 0.0321. The van der Waals surface area contributed by atoms with Crippen molar-refractivity contribution < 1.29 is 26.7 Å². The van der Waals surface area contributed by atoms with E-state index in [1.807, 2.05) is 42.0 Å². The average molecular weight is 585 g/mol. The molecule has 4 rings (SSSR count). The predicted octanol–water partition coefficient (Wildman–Crippen LogP) is 3.56. The van der Waals surface area contributed by atoms with Gasteiger partial charge in [0, 0.05) is 6.54 Å². The molecule has 0 aromatic heterocycles. The van der Waals surface area contributed by atoms with Gasteiger partial charge in [-0.05, 0) is 53.8 Å². The second kappa shape index (κ2) is 12.5. The van der Waals surface area contributed by atoms with Crippen LogP contribution in [0.25, 0.3) is 11.1 Å². The van der Waals surface area contributed by atoms with E-state index in [2.05, 4.69) is 10.0 Å². The summed E-state index contributed by atoms with van der Waals surface area (Å²) in [6.07, 6.45) is 3.76. The third-order valence-corrected chi connectivity index (χ3v) is 9.12. The first kappa shape index (κ1) is 29.1. The van der Waals surface area contributed by atoms with Gasteiger partial charge in [-0.1, -0.05) is 74.4 Å². The standard InChI is InChI=1S/C28H32N4O6S2/c1-2-3-7-18-29-28(34)26(19-21-10-14-24(15-11-21)32-20-27(33)31-40(32,37)38)30-39(35,36)25-16-12-23(13-17-25)22-8-5-4-6-9-22/h4-6,8-17,20,26,30-31,33H,2-3,7,18-19H2,1H3,(H,29,34)/t26-/m0/s1. The minimum atomic E-state index is -4.04. The number of benzene rings is 3. The summed E-state index contributed by atoms with van der Waals surface area (Å²) in [5.41, 5.74) is 2.69. The van der Waals surface area contributed by atoms with E-state index in [1.54, 1.807) is 24.3 Å². The second-order valence-corrected chi connectivity index (χ2v) is 12.6. The summed E-state index contributed by atoms with van der Waals surface area (Å²) < 4.78 is 56.3. The Hall–Kier alpha value is -3.87. The number of sulfonamides is 1. The van der Waals surface area contributed by atoms with Crippen molar-refractivity contribution in [1.82, 2.24) is 14.8 Å². The van der Waals surface area contributed by atoms with Crippen molar-refractivity contribution in [3.8, 4) is 11.1 Å². The Bertz CT molecular complexity index is 1560. The SMILES string of the molecule is CCCCCNC(=O)[C@H](Cc1ccc(N2C=C(O)NS2(=O)=O)cc1)NS(=O)(=O)c1ccc(-c2ccccc2)cc1. The van der Waals surface area contributed by atoms with E-state index < -0.39 is 38.1 Å². The molecule has 0 saturated carbocycles. The number of amides is 1. The molecule has 0 spiro atoms. The van der Waals surface area contributed by atoms with Gasteiger partial charge in [-0.25, -0.2) is 17.4 Å². The van der Waals surface area contributed by atoms with Crippen LogP contribution in [-0.2, 0) is 31.4 Å². The summed E-state index contributed by atoms with van der Waals surface area (Å²) in [6.45, 7) is 2.47. The molecule has 0 bridgehead atoms. The Labute approximate surface area is 235 Å². The third-order valence-electron chi connectivity index (χ3n) is 6.33. The highest BCUT2D eigenvalue weighted by atomic mass is 32.2. The Morgan fingerprint density at radius 2 is 1.60 bits per heavy atom. The predicted molar refractivity (Wildman–Crippen MR) is 154 cm³/mol. The van der Waals surface area contributed by atoms with Crippen molar-refractivity contribution in [1.29, 1.82) is 0 Å². The van der Waals surface area contributed by atoms with E-state index in [0.717, 1.165) is 40.9 Å². The monoisotopic (exact) mass is 584 g/mol. The highest BCUT2D eigenvalue weighted by molar-refractivity contribution is 7.91. The highest BCUT2D eigenvalue weighted by Gasteiger charge is 2.29. The van der Waals surface area contributed by atoms with Gasteiger partial charge >= 0.3 is 10.2 Å². The first-order chi connectivity index (χ1) is 19.1. The Morgan fingerprint density at radius 1 is 0.950 bits per heavy atom. The second-order valence-electron chi connectivity index (χ2n) is 9.35. The van der Waals surface area contributed by atoms with Gasteiger partial charge in [-0.2, -0.15) is 13.1 Å². The van der Waals surface area contributed by atoms with E-state index in [-0.39, 0.29) is 17.0 Å². The van der Waals surface area contributed by atoms with Gasteiger partial charge < -0.3 is 10.4 Å². The number of carbonyl (C=O) groups is 1. The number of nitrogens with zero attached hydrogens (tertiary/aromatic N) is 1. The molecule has 1 atom stereocenters. The molecule has 40 heavy (non-hydrogen) atoms. The van der Waals surface area contributed by atoms with E-state index in [0.29, 0.717) is 12.1 Å². The first-order valence-electron chi connectivity index (χ1n) is 12.9. The van der Waals surface area contributed by atoms with Crippen molar-refractivity contribution in [2.75, 3.05) is 10.8 Å². The quantitative estimate of drug-likeness (QED) is 0.240. The zero-order valence-corrected chi connectivity index (χ0v) is 23.6. The lowest BCUT2D eigenvalue weighted by Gasteiger charge is -2.20. The van der Waals surface area contributed by atoms with E-state index in [4.69, 9.17) is 0 Å². The number of unbranched alkanes of at least 4 members (excludes halogenated alkanes) is 2. The maximum atomic E-state index is 13.3. The number of nitrogens with one attached hydrogen (secondary N) is 3. The van der Waals surface area contributed by atoms with Crippen molar-refractivity contribution in [3.63, 3.8) is 0 Å². The summed E-state index contributed by atoms with van der Waals surface area (Å²) in [5.74, 6) is -0.959. The summed E-state index contributed by atoms with van der Waals surface area (Å²) in [6, 6.07) is 21.1. The van der Waals surface area contributed by atoms with Crippen molar-refractivity contribution in [2.24, 2.45) is 0 Å². The smallest absolute Gasteiger partial charge is 0.330 e. The van der Waals surface area contributed by atoms with Gasteiger partial charge in [0.05, 0.1) is 16.8 Å². The molecule has 0 radical (unpaired) electrons. The van der Waals surface area contributed by atoms with Crippen LogP contribution in [0, 0.1) is 0 Å². The van der Waals surface area contributed by atoms with Crippen LogP contribution in [0.2, 0.25) is 0 Å². The summed E-state index contributed by atoms with van der Waals surface area (Å²) >= 11 is 0. The molecule has 1 heterocycles. The zero-order valence-electron chi connectivity index (χ0n) is 21.9. The Morgan fingerprint density at radius 3 is 2.20 bits per heavy atom. The van der Waals surface area contributed by atoms with Crippen molar-refractivity contribution in [3.05, 3.63) is 96.5 Å². The van der Waals surface area contributed by atoms with Crippen LogP contribution in [-0.4, -0.2) is 40.4 Å². The van der Waals surface area contributed by atoms with Crippen LogP contribution in [0.1, 0.15) is 31.7 Å². The van der Waals surface area contributed by atoms with Crippen molar-refractivity contribution in [2.45, 2.75) is 43.5 Å². The van der Waals surface area contributed by atoms with Crippen molar-refractivity contribution >= 4 is 31.8 Å². The van der Waals surface area contributed by atoms with Crippen LogP contribution < -0.4 is 19.1 Å². The van der Waals surface area contributed by atoms with Gasteiger partial charge in [0.25, 0.3) is 0 Å². The third kappa shape index (κ3) is 7.20. The van der Waals surface area contributed by atoms with Crippen LogP contribution >= 0.6 is 0 Å². The molecule has 0 aliphatic carbocycles. The molecule has 0 saturated heterocycles. The maximum Gasteiger partial charge on any atom is 0.330 e. The number of hydrogen-bond acceptors (Lipinski definition) is 6. The number of carbonyl (C=O) groups excluding carboxylic acids is 1. The lowest BCUT2D eigenvalue weighted by Crippen LogP contribution is -2.48. The van der Waals surface area contributed by atoms with Crippen LogP contribution in [0.5, 0.6) is 0 Å². The van der Waals surface area contributed by atoms with Gasteiger partial charge in [0.2, 0.25) is 21.8 Å². The highest BCUT2D eigenvalue weighted by Crippen LogP contribution is 2.24. The zero-order chi connectivity index (χ0) is 28.8. The molecule has 0 unspecified atom stereocenters. The molecular formula is C28H32N4O6S2. The average Bonchev–Trinajstić information content (AvgIpc) is 3.23. The lowest BCUT2D eigenvalue weighted by atomic mass is 10.1. The van der Waals surface area contributed by atoms with Gasteiger partial charge in [0.1, 0.15) is 6.04 Å². The summed E-state index contributed by atoms with van der Waals surface area (Å²) in [5, 5.41) is 12.3. The van der Waals surface area contributed by atoms with Gasteiger partial charge in [-0.15, -0.1) is 0 Å². The summed E-state index contributed by atoms with van der Waals surface area (Å²) in [4.78, 5) is 13.1. The number of anilines is 1. The van der Waals surface area contributed by atoms with E-state index >= 15 is 0 Å². The number of aliphatic hydroxyl groups excluding tert-OH is 1. The normalized spacial score (nSPS) is 15.2. The lowest BCUT2D eigenvalue weighted by molar-refractivity contribution is -0.122. The summed E-state index contributed by atoms with van der Waals surface area (Å²) in [7, 11) is -7.99. The van der Waals surface area contributed by atoms with Gasteiger partial charge in [0.15, 0.2) is 0 Å². The number of aliphatic hydroxyl groups is 1. The molecular weight excluding hydrogens is 552 g/mol. The molecule has 3 aromatic rings. The van der Waals surface area contributed by atoms with Gasteiger partial charge in [-0.3, -0.25) is 4.79 Å². The molecule has 12 heteroatoms. The topological polar surface area (TPSA) is 145 Å². The molecule has 4 N–H and O–H groups in total. The minimum Gasteiger partial charge on any atom is -0.493 e. The molecule has 1 aliphatic rings. The molecule has 10 nitrogen and oxygen atoms in total. The molecule has 1 amide bonds. The maximum absolute atomic E-state index is 13.3. The fraction of sp³-hybridized carbons (Fsp3) is 0.250. The fourth-order valence-electron chi connectivity index (χ4n) is 4.23. The molecule has 212 valence electrons. The van der Waals surface area contributed by atoms with E-state index in [9.17, 15) is 26.7 Å². The van der Waals surface area contributed by atoms with E-state index in [1.165, 1.54) is 24.3 Å². The Kier molecular flexibility index (Phi) is 9.13. The number of hydrogen-bond donors (Lipinski definition) is 4. The number of rotatable bonds is 12. The van der Waals surface area contributed by atoms with Crippen LogP contribution in [0.4, 0.5) is 5.69 Å². The fourth-order valence-corrected chi connectivity index (χ4v) is 6.47. The molecule has 3 aromatic carbocycles. The first-order valence-corrected chi connectivity index (χ1v) is 15.8.